The molecule has 2 saturated carbocycles. The first-order valence-corrected chi connectivity index (χ1v) is 14.7. The Balaban J connectivity index is 1.25. The van der Waals surface area contributed by atoms with Crippen molar-refractivity contribution in [1.29, 1.82) is 0 Å². The first kappa shape index (κ1) is 24.7. The van der Waals surface area contributed by atoms with E-state index >= 15 is 0 Å². The van der Waals surface area contributed by atoms with Gasteiger partial charge >= 0.3 is 0 Å². The molecule has 5 aromatic rings. The molecule has 9 nitrogen and oxygen atoms in total. The van der Waals surface area contributed by atoms with E-state index in [2.05, 4.69) is 50.5 Å². The molecule has 3 atom stereocenters. The third-order valence-electron chi connectivity index (χ3n) is 9.73. The van der Waals surface area contributed by atoms with Crippen molar-refractivity contribution in [2.75, 3.05) is 13.7 Å². The molecule has 1 amide bonds. The number of rotatable bonds is 6. The molecule has 210 valence electrons. The minimum absolute atomic E-state index is 0.0185. The lowest BCUT2D eigenvalue weighted by Crippen LogP contribution is -2.41. The van der Waals surface area contributed by atoms with Gasteiger partial charge < -0.3 is 24.5 Å². The number of hydrogen-bond acceptors (Lipinski definition) is 5. The van der Waals surface area contributed by atoms with Crippen LogP contribution in [0.1, 0.15) is 41.7 Å². The van der Waals surface area contributed by atoms with E-state index in [1.54, 1.807) is 7.11 Å². The highest BCUT2D eigenvalue weighted by atomic mass is 16.5. The topological polar surface area (TPSA) is 107 Å². The number of ether oxygens (including phenoxy) is 1. The number of imidazole rings is 1. The first-order valence-electron chi connectivity index (χ1n) is 14.7. The van der Waals surface area contributed by atoms with Crippen molar-refractivity contribution in [2.24, 2.45) is 24.6 Å². The number of piperidine rings is 1. The van der Waals surface area contributed by atoms with Crippen LogP contribution in [0.3, 0.4) is 0 Å². The summed E-state index contributed by atoms with van der Waals surface area (Å²) in [5, 5.41) is 8.48. The molecule has 4 heterocycles. The average molecular weight is 550 g/mol. The Bertz CT molecular complexity index is 1840. The fraction of sp³-hybridized carbons (Fsp3) is 0.406. The van der Waals surface area contributed by atoms with Gasteiger partial charge in [0.15, 0.2) is 5.82 Å². The van der Waals surface area contributed by atoms with Crippen molar-refractivity contribution in [1.82, 2.24) is 29.2 Å². The van der Waals surface area contributed by atoms with Crippen molar-refractivity contribution in [3.63, 3.8) is 0 Å². The predicted octanol–water partition coefficient (Wildman–Crippen LogP) is 4.87. The molecule has 0 unspecified atom stereocenters. The molecule has 1 saturated heterocycles. The summed E-state index contributed by atoms with van der Waals surface area (Å²) in [6.07, 6.45) is 6.49. The van der Waals surface area contributed by atoms with E-state index in [4.69, 9.17) is 15.5 Å². The normalized spacial score (nSPS) is 22.0. The second-order valence-electron chi connectivity index (χ2n) is 12.2. The number of nitrogens with one attached hydrogen (secondary N) is 1. The van der Waals surface area contributed by atoms with Gasteiger partial charge in [-0.1, -0.05) is 12.1 Å². The van der Waals surface area contributed by atoms with Crippen molar-refractivity contribution in [3.8, 4) is 28.4 Å². The Hall–Kier alpha value is -4.11. The fourth-order valence-electron chi connectivity index (χ4n) is 7.27. The van der Waals surface area contributed by atoms with E-state index in [9.17, 15) is 4.79 Å². The van der Waals surface area contributed by atoms with E-state index in [0.717, 1.165) is 65.3 Å². The number of aryl methyl sites for hydroxylation is 2. The van der Waals surface area contributed by atoms with Gasteiger partial charge in [-0.2, -0.15) is 5.10 Å². The molecule has 0 radical (unpaired) electrons. The number of fused-ring (bicyclic) bond motifs is 4. The zero-order valence-corrected chi connectivity index (χ0v) is 23.7. The van der Waals surface area contributed by atoms with Crippen LogP contribution in [0.15, 0.2) is 42.6 Å². The number of likely N-dealkylation sites (tertiary alicyclic amines) is 1. The lowest BCUT2D eigenvalue weighted by atomic mass is 10.1. The van der Waals surface area contributed by atoms with Crippen LogP contribution in [0.25, 0.3) is 44.6 Å². The van der Waals surface area contributed by atoms with Crippen LogP contribution < -0.4 is 10.5 Å². The van der Waals surface area contributed by atoms with Gasteiger partial charge in [-0.3, -0.25) is 9.89 Å². The number of H-pyrrole nitrogens is 1. The minimum Gasteiger partial charge on any atom is -0.494 e. The van der Waals surface area contributed by atoms with Gasteiger partial charge in [-0.05, 0) is 74.3 Å². The summed E-state index contributed by atoms with van der Waals surface area (Å²) in [7, 11) is 3.69. The number of nitrogens with two attached hydrogens (primary N) is 1. The lowest BCUT2D eigenvalue weighted by molar-refractivity contribution is 0.0700. The number of carbonyl (C=O) groups excluding carboxylic acids is 1. The Labute approximate surface area is 238 Å². The summed E-state index contributed by atoms with van der Waals surface area (Å²) in [5.41, 5.74) is 14.3. The summed E-state index contributed by atoms with van der Waals surface area (Å²) < 4.78 is 10.4. The maximum Gasteiger partial charge on any atom is 0.254 e. The van der Waals surface area contributed by atoms with Gasteiger partial charge in [0.2, 0.25) is 0 Å². The summed E-state index contributed by atoms with van der Waals surface area (Å²) >= 11 is 0. The van der Waals surface area contributed by atoms with E-state index in [1.165, 1.54) is 23.7 Å². The van der Waals surface area contributed by atoms with Crippen molar-refractivity contribution >= 4 is 27.8 Å². The smallest absolute Gasteiger partial charge is 0.254 e. The van der Waals surface area contributed by atoms with Crippen LogP contribution in [0.2, 0.25) is 0 Å². The van der Waals surface area contributed by atoms with Crippen LogP contribution in [0, 0.1) is 18.8 Å². The molecule has 3 fully saturated rings. The molecule has 41 heavy (non-hydrogen) atoms. The quantitative estimate of drug-likeness (QED) is 0.314. The largest absolute Gasteiger partial charge is 0.494 e. The number of aromatic nitrogens is 5. The molecule has 2 bridgehead atoms. The fourth-order valence-corrected chi connectivity index (χ4v) is 7.27. The SMILES string of the molecule is COc1cc(C(=O)N2C[C@H]3CC[C@@H]2[C@@H]3N)cc2nc(-c3cc4ccc(-c5cn[nH]c5C)cc4n3CC3CC3)n(C)c12. The number of carbonyl (C=O) groups is 1. The average Bonchev–Trinajstić information content (AvgIpc) is 3.23. The maximum atomic E-state index is 13.7. The minimum atomic E-state index is 0.0185. The second-order valence-corrected chi connectivity index (χ2v) is 12.2. The van der Waals surface area contributed by atoms with Crippen LogP contribution in [-0.2, 0) is 13.6 Å². The van der Waals surface area contributed by atoms with Gasteiger partial charge in [0.1, 0.15) is 11.3 Å². The zero-order chi connectivity index (χ0) is 28.0. The van der Waals surface area contributed by atoms with Gasteiger partial charge in [-0.15, -0.1) is 0 Å². The molecule has 1 aliphatic heterocycles. The number of methoxy groups -OCH3 is 1. The Morgan fingerprint density at radius 1 is 1.15 bits per heavy atom. The molecule has 3 aromatic heterocycles. The number of nitrogens with zero attached hydrogens (tertiary/aromatic N) is 5. The van der Waals surface area contributed by atoms with Crippen LogP contribution in [0.4, 0.5) is 0 Å². The summed E-state index contributed by atoms with van der Waals surface area (Å²) in [5.74, 6) is 2.62. The molecule has 9 heteroatoms. The molecule has 2 aliphatic carbocycles. The van der Waals surface area contributed by atoms with Crippen LogP contribution >= 0.6 is 0 Å². The molecule has 3 aliphatic rings. The van der Waals surface area contributed by atoms with E-state index in [0.29, 0.717) is 23.1 Å². The molecule has 2 aromatic carbocycles. The second kappa shape index (κ2) is 8.94. The number of amides is 1. The Kier molecular flexibility index (Phi) is 5.38. The Morgan fingerprint density at radius 2 is 2.00 bits per heavy atom. The highest BCUT2D eigenvalue weighted by molar-refractivity contribution is 6.00. The molecule has 8 rings (SSSR count). The van der Waals surface area contributed by atoms with Gasteiger partial charge in [0, 0.05) is 59.9 Å². The zero-order valence-electron chi connectivity index (χ0n) is 23.7. The monoisotopic (exact) mass is 549 g/mol. The molecular weight excluding hydrogens is 514 g/mol. The van der Waals surface area contributed by atoms with E-state index < -0.39 is 0 Å². The third kappa shape index (κ3) is 3.75. The van der Waals surface area contributed by atoms with E-state index in [1.807, 2.05) is 30.3 Å². The van der Waals surface area contributed by atoms with Crippen molar-refractivity contribution in [3.05, 3.63) is 53.9 Å². The van der Waals surface area contributed by atoms with Crippen LogP contribution in [-0.4, -0.2) is 60.9 Å². The highest BCUT2D eigenvalue weighted by Crippen LogP contribution is 2.41. The third-order valence-corrected chi connectivity index (χ3v) is 9.73. The lowest BCUT2D eigenvalue weighted by Gasteiger charge is -2.27. The standard InChI is InChI=1S/C32H35N7O2/c1-17-23(14-34-36-17)19-6-7-20-12-27(38(26(20)11-19)15-18-4-5-18)31-35-24-10-22(13-28(41-3)30(24)37(31)2)32(40)39-16-21-8-9-25(39)29(21)33/h6-7,10-14,18,21,25,29H,4-5,8-9,15-16,33H2,1-3H3,(H,34,36)/t21-,25-,29-/m1/s1. The van der Waals surface area contributed by atoms with E-state index in [-0.39, 0.29) is 18.0 Å². The first-order chi connectivity index (χ1) is 19.9. The van der Waals surface area contributed by atoms with Crippen molar-refractivity contribution in [2.45, 2.75) is 51.2 Å². The molecule has 0 spiro atoms. The Morgan fingerprint density at radius 3 is 2.68 bits per heavy atom. The van der Waals surface area contributed by atoms with Crippen LogP contribution in [0.5, 0.6) is 5.75 Å². The van der Waals surface area contributed by atoms with Gasteiger partial charge in [-0.25, -0.2) is 4.98 Å². The highest BCUT2D eigenvalue weighted by Gasteiger charge is 2.47. The predicted molar refractivity (Wildman–Crippen MR) is 159 cm³/mol. The number of benzene rings is 2. The number of hydrogen-bond donors (Lipinski definition) is 2. The summed E-state index contributed by atoms with van der Waals surface area (Å²) in [6.45, 7) is 3.74. The summed E-state index contributed by atoms with van der Waals surface area (Å²) in [6, 6.07) is 12.9. The van der Waals surface area contributed by atoms with Crippen molar-refractivity contribution < 1.29 is 9.53 Å². The maximum absolute atomic E-state index is 13.7. The summed E-state index contributed by atoms with van der Waals surface area (Å²) in [4.78, 5) is 20.8. The van der Waals surface area contributed by atoms with Gasteiger partial charge in [0.25, 0.3) is 5.91 Å². The van der Waals surface area contributed by atoms with Gasteiger partial charge in [0.05, 0.1) is 24.5 Å². The molecular formula is C32H35N7O2. The number of aromatic amines is 1. The molecule has 3 N–H and O–H groups in total.